The van der Waals surface area contributed by atoms with Crippen molar-refractivity contribution >= 4 is 23.6 Å². The number of hydrogen-bond donors (Lipinski definition) is 3. The Hall–Kier alpha value is -0.750. The highest BCUT2D eigenvalue weighted by molar-refractivity contribution is 7.98. The average molecular weight is 260 g/mol. The molecule has 0 spiro atoms. The second-order valence-corrected chi connectivity index (χ2v) is 5.20. The summed E-state index contributed by atoms with van der Waals surface area (Å²) in [5.41, 5.74) is 0. The number of carboxylic acid groups (broad SMARTS) is 1. The van der Waals surface area contributed by atoms with Gasteiger partial charge >= 0.3 is 5.97 Å². The molecule has 5 nitrogen and oxygen atoms in total. The molecule has 0 aromatic heterocycles. The quantitative estimate of drug-likeness (QED) is 0.561. The Morgan fingerprint density at radius 2 is 2.18 bits per heavy atom. The summed E-state index contributed by atoms with van der Waals surface area (Å²) in [7, 11) is 0. The topological polar surface area (TPSA) is 78.4 Å². The van der Waals surface area contributed by atoms with Crippen molar-refractivity contribution < 1.29 is 14.7 Å². The summed E-state index contributed by atoms with van der Waals surface area (Å²) in [6, 6.07) is -0.176. The van der Waals surface area contributed by atoms with E-state index >= 15 is 0 Å². The molecule has 17 heavy (non-hydrogen) atoms. The van der Waals surface area contributed by atoms with Crippen molar-refractivity contribution in [2.75, 3.05) is 18.6 Å². The maximum Gasteiger partial charge on any atom is 0.326 e. The molecule has 0 radical (unpaired) electrons. The highest BCUT2D eigenvalue weighted by atomic mass is 32.2. The molecule has 1 amide bonds. The molecule has 3 N–H and O–H groups in total. The molecule has 0 saturated heterocycles. The zero-order chi connectivity index (χ0) is 12.7. The Balaban J connectivity index is 2.16. The van der Waals surface area contributed by atoms with E-state index < -0.39 is 12.0 Å². The minimum absolute atomic E-state index is 0.188. The molecule has 0 aromatic carbocycles. The van der Waals surface area contributed by atoms with E-state index in [2.05, 4.69) is 10.6 Å². The van der Waals surface area contributed by atoms with Crippen molar-refractivity contribution in [1.82, 2.24) is 10.6 Å². The second kappa shape index (κ2) is 7.55. The molecule has 1 saturated carbocycles. The second-order valence-electron chi connectivity index (χ2n) is 4.22. The van der Waals surface area contributed by atoms with E-state index in [0.717, 1.165) is 5.75 Å². The molecule has 0 aliphatic heterocycles. The Kier molecular flexibility index (Phi) is 6.36. The Morgan fingerprint density at radius 3 is 2.71 bits per heavy atom. The maximum absolute atomic E-state index is 11.5. The lowest BCUT2D eigenvalue weighted by Crippen LogP contribution is -2.42. The van der Waals surface area contributed by atoms with Gasteiger partial charge in [-0.2, -0.15) is 11.8 Å². The number of carboxylic acids is 1. The van der Waals surface area contributed by atoms with Gasteiger partial charge in [0.15, 0.2) is 0 Å². The van der Waals surface area contributed by atoms with E-state index in [4.69, 9.17) is 5.11 Å². The first kappa shape index (κ1) is 14.3. The molecule has 1 aliphatic rings. The third kappa shape index (κ3) is 6.53. The van der Waals surface area contributed by atoms with Crippen molar-refractivity contribution in [3.63, 3.8) is 0 Å². The number of rotatable bonds is 9. The van der Waals surface area contributed by atoms with Crippen LogP contribution in [0.2, 0.25) is 0 Å². The van der Waals surface area contributed by atoms with Crippen LogP contribution in [0, 0.1) is 0 Å². The smallest absolute Gasteiger partial charge is 0.326 e. The van der Waals surface area contributed by atoms with Crippen molar-refractivity contribution in [2.45, 2.75) is 37.8 Å². The minimum Gasteiger partial charge on any atom is -0.480 e. The number of carbonyl (C=O) groups is 2. The van der Waals surface area contributed by atoms with Gasteiger partial charge in [-0.05, 0) is 31.3 Å². The SMILES string of the molecule is CSCC[C@H](NC(=O)CCNC1CC1)C(=O)O. The number of amides is 1. The zero-order valence-corrected chi connectivity index (χ0v) is 10.9. The van der Waals surface area contributed by atoms with Gasteiger partial charge in [0.05, 0.1) is 0 Å². The van der Waals surface area contributed by atoms with Crippen LogP contribution in [0.5, 0.6) is 0 Å². The summed E-state index contributed by atoms with van der Waals surface area (Å²) in [4.78, 5) is 22.4. The summed E-state index contributed by atoms with van der Waals surface area (Å²) >= 11 is 1.58. The van der Waals surface area contributed by atoms with Crippen LogP contribution >= 0.6 is 11.8 Å². The summed E-state index contributed by atoms with van der Waals surface area (Å²) in [5.74, 6) is -0.411. The molecule has 0 unspecified atom stereocenters. The van der Waals surface area contributed by atoms with Crippen molar-refractivity contribution in [1.29, 1.82) is 0 Å². The van der Waals surface area contributed by atoms with Gasteiger partial charge in [-0.25, -0.2) is 4.79 Å². The predicted octanol–water partition coefficient (Wildman–Crippen LogP) is 0.451. The molecule has 0 aromatic rings. The molecular weight excluding hydrogens is 240 g/mol. The summed E-state index contributed by atoms with van der Waals surface area (Å²) < 4.78 is 0. The highest BCUT2D eigenvalue weighted by Gasteiger charge is 2.21. The fourth-order valence-corrected chi connectivity index (χ4v) is 1.91. The standard InChI is InChI=1S/C11H20N2O3S/c1-17-7-5-9(11(15)16)13-10(14)4-6-12-8-2-3-8/h8-9,12H,2-7H2,1H3,(H,13,14)(H,15,16)/t9-/m0/s1. The number of hydrogen-bond acceptors (Lipinski definition) is 4. The Bertz CT molecular complexity index is 269. The van der Waals surface area contributed by atoms with Gasteiger partial charge in [-0.3, -0.25) is 4.79 Å². The number of thioether (sulfide) groups is 1. The van der Waals surface area contributed by atoms with Gasteiger partial charge in [-0.1, -0.05) is 0 Å². The van der Waals surface area contributed by atoms with Crippen LogP contribution in [0.1, 0.15) is 25.7 Å². The summed E-state index contributed by atoms with van der Waals surface area (Å²) in [5, 5.41) is 14.7. The van der Waals surface area contributed by atoms with Crippen LogP contribution in [-0.2, 0) is 9.59 Å². The highest BCUT2D eigenvalue weighted by Crippen LogP contribution is 2.18. The molecule has 1 atom stereocenters. The fraction of sp³-hybridized carbons (Fsp3) is 0.818. The lowest BCUT2D eigenvalue weighted by atomic mass is 10.2. The van der Waals surface area contributed by atoms with Crippen LogP contribution in [0.25, 0.3) is 0 Å². The Morgan fingerprint density at radius 1 is 1.47 bits per heavy atom. The first-order chi connectivity index (χ1) is 8.13. The lowest BCUT2D eigenvalue weighted by molar-refractivity contribution is -0.141. The number of nitrogens with one attached hydrogen (secondary N) is 2. The third-order valence-electron chi connectivity index (χ3n) is 2.61. The summed E-state index contributed by atoms with van der Waals surface area (Å²) in [6.07, 6.45) is 5.11. The van der Waals surface area contributed by atoms with Gasteiger partial charge in [0.25, 0.3) is 0 Å². The lowest BCUT2D eigenvalue weighted by Gasteiger charge is -2.13. The van der Waals surface area contributed by atoms with E-state index in [1.165, 1.54) is 12.8 Å². The van der Waals surface area contributed by atoms with E-state index in [1.54, 1.807) is 11.8 Å². The maximum atomic E-state index is 11.5. The van der Waals surface area contributed by atoms with Gasteiger partial charge in [0.1, 0.15) is 6.04 Å². The van der Waals surface area contributed by atoms with Crippen LogP contribution in [0.15, 0.2) is 0 Å². The van der Waals surface area contributed by atoms with Gasteiger partial charge in [-0.15, -0.1) is 0 Å². The van der Waals surface area contributed by atoms with Gasteiger partial charge < -0.3 is 15.7 Å². The monoisotopic (exact) mass is 260 g/mol. The zero-order valence-electron chi connectivity index (χ0n) is 10.1. The fourth-order valence-electron chi connectivity index (χ4n) is 1.44. The third-order valence-corrected chi connectivity index (χ3v) is 3.25. The number of aliphatic carboxylic acids is 1. The van der Waals surface area contributed by atoms with E-state index in [-0.39, 0.29) is 5.91 Å². The Labute approximate surface area is 106 Å². The molecule has 0 heterocycles. The average Bonchev–Trinajstić information content (AvgIpc) is 3.07. The normalized spacial score (nSPS) is 16.5. The van der Waals surface area contributed by atoms with Crippen LogP contribution in [0.4, 0.5) is 0 Å². The van der Waals surface area contributed by atoms with Crippen LogP contribution in [-0.4, -0.2) is 47.6 Å². The van der Waals surface area contributed by atoms with E-state index in [0.29, 0.717) is 25.4 Å². The predicted molar refractivity (Wildman–Crippen MR) is 68.2 cm³/mol. The summed E-state index contributed by atoms with van der Waals surface area (Å²) in [6.45, 7) is 0.630. The van der Waals surface area contributed by atoms with Crippen molar-refractivity contribution in [2.24, 2.45) is 0 Å². The molecule has 98 valence electrons. The molecule has 6 heteroatoms. The molecule has 1 aliphatic carbocycles. The van der Waals surface area contributed by atoms with Crippen LogP contribution < -0.4 is 10.6 Å². The van der Waals surface area contributed by atoms with Gasteiger partial charge in [0, 0.05) is 19.0 Å². The molecule has 1 fully saturated rings. The van der Waals surface area contributed by atoms with E-state index in [9.17, 15) is 9.59 Å². The molecule has 0 bridgehead atoms. The molecule has 1 rings (SSSR count). The first-order valence-corrected chi connectivity index (χ1v) is 7.27. The number of carbonyl (C=O) groups excluding carboxylic acids is 1. The van der Waals surface area contributed by atoms with Crippen molar-refractivity contribution in [3.05, 3.63) is 0 Å². The minimum atomic E-state index is -0.956. The van der Waals surface area contributed by atoms with Gasteiger partial charge in [0.2, 0.25) is 5.91 Å². The first-order valence-electron chi connectivity index (χ1n) is 5.88. The van der Waals surface area contributed by atoms with Crippen LogP contribution in [0.3, 0.4) is 0 Å². The van der Waals surface area contributed by atoms with E-state index in [1.807, 2.05) is 6.26 Å². The molecular formula is C11H20N2O3S. The van der Waals surface area contributed by atoms with Crippen molar-refractivity contribution in [3.8, 4) is 0 Å². The largest absolute Gasteiger partial charge is 0.480 e.